The average molecular weight is 563 g/mol. The number of esters is 1. The van der Waals surface area contributed by atoms with Gasteiger partial charge in [0.1, 0.15) is 6.04 Å². The number of likely N-dealkylation sites (tertiary alicyclic amines) is 1. The largest absolute Gasteiger partial charge is 0.465 e. The topological polar surface area (TPSA) is 87.2 Å². The maximum absolute atomic E-state index is 14.5. The molecule has 3 rings (SSSR count). The molecule has 0 aromatic heterocycles. The predicted octanol–water partition coefficient (Wildman–Crippen LogP) is 4.98. The molecule has 3 heterocycles. The number of carbonyl (C=O) groups excluding carboxylic acids is 3. The van der Waals surface area contributed by atoms with E-state index in [0.29, 0.717) is 19.7 Å². The van der Waals surface area contributed by atoms with E-state index in [0.717, 1.165) is 64.2 Å². The van der Waals surface area contributed by atoms with Crippen molar-refractivity contribution in [3.63, 3.8) is 0 Å². The molecule has 0 radical (unpaired) electrons. The molecule has 2 bridgehead atoms. The molecule has 0 aliphatic carbocycles. The van der Waals surface area contributed by atoms with Crippen molar-refractivity contribution < 1.29 is 24.2 Å². The third kappa shape index (κ3) is 6.42. The third-order valence-electron chi connectivity index (χ3n) is 8.95. The molecule has 3 saturated heterocycles. The molecule has 3 fully saturated rings. The zero-order valence-electron chi connectivity index (χ0n) is 24.3. The van der Waals surface area contributed by atoms with Crippen molar-refractivity contribution >= 4 is 29.5 Å². The van der Waals surface area contributed by atoms with E-state index in [1.54, 1.807) is 17.8 Å². The molecule has 2 amide bonds. The number of allylic oxidation sites excluding steroid dienone is 1. The van der Waals surface area contributed by atoms with Crippen LogP contribution in [-0.2, 0) is 19.1 Å². The first kappa shape index (κ1) is 31.7. The normalized spacial score (nSPS) is 29.8. The summed E-state index contributed by atoms with van der Waals surface area (Å²) in [6.07, 6.45) is 12.1. The van der Waals surface area contributed by atoms with Gasteiger partial charge in [0.2, 0.25) is 11.8 Å². The Labute approximate surface area is 239 Å². The van der Waals surface area contributed by atoms with Gasteiger partial charge in [-0.1, -0.05) is 45.3 Å². The number of ether oxygens (including phenoxy) is 1. The SMILES string of the molecule is C=CCCCCOC(=O)[C@@H]1[C@@H]2CC(C)C3(S2)C(C(=O)N(CC=C)C(C)CCC)N(CCCCCCO)C(=O)[C@H]13. The van der Waals surface area contributed by atoms with Crippen molar-refractivity contribution in [3.8, 4) is 0 Å². The highest BCUT2D eigenvalue weighted by atomic mass is 32.2. The molecule has 39 heavy (non-hydrogen) atoms. The van der Waals surface area contributed by atoms with Gasteiger partial charge in [-0.3, -0.25) is 14.4 Å². The summed E-state index contributed by atoms with van der Waals surface area (Å²) in [5.74, 6) is -1.26. The lowest BCUT2D eigenvalue weighted by Gasteiger charge is -2.41. The van der Waals surface area contributed by atoms with Gasteiger partial charge in [-0.25, -0.2) is 0 Å². The van der Waals surface area contributed by atoms with E-state index in [1.165, 1.54) is 0 Å². The number of carbonyl (C=O) groups is 3. The van der Waals surface area contributed by atoms with E-state index in [9.17, 15) is 14.4 Å². The molecule has 0 saturated carbocycles. The second kappa shape index (κ2) is 14.7. The fourth-order valence-electron chi connectivity index (χ4n) is 7.07. The quantitative estimate of drug-likeness (QED) is 0.144. The summed E-state index contributed by atoms with van der Waals surface area (Å²) in [6, 6.07) is -0.560. The number of fused-ring (bicyclic) bond motifs is 1. The van der Waals surface area contributed by atoms with E-state index in [1.807, 2.05) is 15.9 Å². The lowest BCUT2D eigenvalue weighted by molar-refractivity contribution is -0.154. The summed E-state index contributed by atoms with van der Waals surface area (Å²) in [6.45, 7) is 15.4. The second-order valence-corrected chi connectivity index (χ2v) is 13.1. The van der Waals surface area contributed by atoms with Crippen molar-refractivity contribution in [3.05, 3.63) is 25.3 Å². The lowest BCUT2D eigenvalue weighted by Crippen LogP contribution is -2.58. The molecule has 7 atom stereocenters. The summed E-state index contributed by atoms with van der Waals surface area (Å²) < 4.78 is 5.11. The zero-order valence-corrected chi connectivity index (χ0v) is 25.1. The van der Waals surface area contributed by atoms with Gasteiger partial charge in [-0.2, -0.15) is 0 Å². The number of hydrogen-bond acceptors (Lipinski definition) is 6. The van der Waals surface area contributed by atoms with E-state index in [2.05, 4.69) is 33.9 Å². The Kier molecular flexibility index (Phi) is 12.0. The maximum atomic E-state index is 14.5. The first-order chi connectivity index (χ1) is 18.8. The van der Waals surface area contributed by atoms with Crippen LogP contribution in [0.3, 0.4) is 0 Å². The second-order valence-electron chi connectivity index (χ2n) is 11.6. The molecule has 3 aliphatic heterocycles. The summed E-state index contributed by atoms with van der Waals surface area (Å²) in [5, 5.41) is 9.16. The maximum Gasteiger partial charge on any atom is 0.310 e. The van der Waals surface area contributed by atoms with Crippen molar-refractivity contribution in [2.24, 2.45) is 17.8 Å². The van der Waals surface area contributed by atoms with Crippen LogP contribution in [0.25, 0.3) is 0 Å². The average Bonchev–Trinajstić information content (AvgIpc) is 3.50. The lowest BCUT2D eigenvalue weighted by atomic mass is 9.66. The van der Waals surface area contributed by atoms with Gasteiger partial charge in [0.25, 0.3) is 0 Å². The molecule has 0 aromatic carbocycles. The van der Waals surface area contributed by atoms with Crippen LogP contribution in [0.5, 0.6) is 0 Å². The van der Waals surface area contributed by atoms with Crippen LogP contribution in [0.2, 0.25) is 0 Å². The fraction of sp³-hybridized carbons (Fsp3) is 0.774. The van der Waals surface area contributed by atoms with Crippen molar-refractivity contribution in [1.29, 1.82) is 0 Å². The first-order valence-corrected chi connectivity index (χ1v) is 16.0. The highest BCUT2D eigenvalue weighted by Crippen LogP contribution is 2.68. The van der Waals surface area contributed by atoms with Gasteiger partial charge in [0.15, 0.2) is 0 Å². The summed E-state index contributed by atoms with van der Waals surface area (Å²) in [4.78, 5) is 45.9. The molecule has 3 aliphatic rings. The number of aliphatic hydroxyl groups is 1. The van der Waals surface area contributed by atoms with Crippen molar-refractivity contribution in [2.45, 2.75) is 107 Å². The van der Waals surface area contributed by atoms with Gasteiger partial charge in [-0.15, -0.1) is 24.9 Å². The van der Waals surface area contributed by atoms with Crippen molar-refractivity contribution in [2.75, 3.05) is 26.3 Å². The van der Waals surface area contributed by atoms with E-state index < -0.39 is 22.6 Å². The molecule has 0 aromatic rings. The summed E-state index contributed by atoms with van der Waals surface area (Å²) in [7, 11) is 0. The molecule has 7 nitrogen and oxygen atoms in total. The minimum absolute atomic E-state index is 0.00227. The fourth-order valence-corrected chi connectivity index (χ4v) is 9.48. The van der Waals surface area contributed by atoms with Crippen LogP contribution in [0, 0.1) is 17.8 Å². The Hall–Kier alpha value is -1.80. The van der Waals surface area contributed by atoms with Crippen LogP contribution in [0.15, 0.2) is 25.3 Å². The first-order valence-electron chi connectivity index (χ1n) is 15.1. The van der Waals surface area contributed by atoms with Crippen LogP contribution in [0.4, 0.5) is 0 Å². The minimum Gasteiger partial charge on any atom is -0.465 e. The van der Waals surface area contributed by atoms with E-state index >= 15 is 0 Å². The Morgan fingerprint density at radius 2 is 1.95 bits per heavy atom. The number of thioether (sulfide) groups is 1. The van der Waals surface area contributed by atoms with Gasteiger partial charge in [0, 0.05) is 31.0 Å². The number of unbranched alkanes of at least 4 members (excludes halogenated alkanes) is 5. The number of hydrogen-bond donors (Lipinski definition) is 1. The highest BCUT2D eigenvalue weighted by molar-refractivity contribution is 8.02. The van der Waals surface area contributed by atoms with E-state index in [4.69, 9.17) is 9.84 Å². The number of nitrogens with zero attached hydrogens (tertiary/aromatic N) is 2. The molecule has 220 valence electrons. The smallest absolute Gasteiger partial charge is 0.310 e. The Bertz CT molecular complexity index is 881. The minimum atomic E-state index is -0.623. The standard InChI is InChI=1S/C31H50N2O5S/c1-6-9-10-15-20-38-30(37)25-24-21-22(4)31(39-24)26(25)28(35)33(18-13-11-12-14-19-34)27(31)29(36)32(17-8-3)23(5)16-7-2/h6,8,22-27,34H,1,3,7,9-21H2,2,4-5H3/t22?,23?,24-,25+,26-,27?,31?/m0/s1. The summed E-state index contributed by atoms with van der Waals surface area (Å²) in [5.41, 5.74) is 0. The molecule has 1 spiro atoms. The molecule has 8 heteroatoms. The Balaban J connectivity index is 1.92. The number of aliphatic hydroxyl groups excluding tert-OH is 1. The molecule has 1 N–H and O–H groups in total. The van der Waals surface area contributed by atoms with Gasteiger partial charge >= 0.3 is 5.97 Å². The van der Waals surface area contributed by atoms with Gasteiger partial charge < -0.3 is 19.6 Å². The third-order valence-corrected chi connectivity index (χ3v) is 11.0. The van der Waals surface area contributed by atoms with Crippen LogP contribution in [-0.4, -0.2) is 81.1 Å². The highest BCUT2D eigenvalue weighted by Gasteiger charge is 2.76. The monoisotopic (exact) mass is 562 g/mol. The summed E-state index contributed by atoms with van der Waals surface area (Å²) >= 11 is 1.71. The Morgan fingerprint density at radius 1 is 1.21 bits per heavy atom. The molecular formula is C31H50N2O5S. The van der Waals surface area contributed by atoms with E-state index in [-0.39, 0.29) is 41.6 Å². The van der Waals surface area contributed by atoms with Crippen LogP contribution < -0.4 is 0 Å². The number of amides is 2. The van der Waals surface area contributed by atoms with Crippen LogP contribution >= 0.6 is 11.8 Å². The zero-order chi connectivity index (χ0) is 28.6. The molecular weight excluding hydrogens is 512 g/mol. The Morgan fingerprint density at radius 3 is 2.62 bits per heavy atom. The predicted molar refractivity (Wildman–Crippen MR) is 157 cm³/mol. The van der Waals surface area contributed by atoms with Gasteiger partial charge in [0.05, 0.1) is 23.2 Å². The van der Waals surface area contributed by atoms with Crippen LogP contribution in [0.1, 0.15) is 85.0 Å². The number of rotatable bonds is 18. The van der Waals surface area contributed by atoms with Gasteiger partial charge in [-0.05, 0) is 57.8 Å². The van der Waals surface area contributed by atoms with Crippen molar-refractivity contribution in [1.82, 2.24) is 9.80 Å². The molecule has 4 unspecified atom stereocenters.